The highest BCUT2D eigenvalue weighted by Gasteiger charge is 2.12. The summed E-state index contributed by atoms with van der Waals surface area (Å²) in [5, 5.41) is 22.4. The lowest BCUT2D eigenvalue weighted by Crippen LogP contribution is -2.04. The van der Waals surface area contributed by atoms with Crippen LogP contribution in [0, 0.1) is 10.1 Å². The molecule has 0 saturated carbocycles. The van der Waals surface area contributed by atoms with Crippen LogP contribution in [0.4, 0.5) is 11.4 Å². The molecule has 0 bridgehead atoms. The molecule has 0 fully saturated rings. The topological polar surface area (TPSA) is 107 Å². The summed E-state index contributed by atoms with van der Waals surface area (Å²) >= 11 is 0. The van der Waals surface area contributed by atoms with Gasteiger partial charge in [-0.3, -0.25) is 10.1 Å². The van der Waals surface area contributed by atoms with E-state index in [1.165, 1.54) is 18.2 Å². The zero-order chi connectivity index (χ0) is 22.0. The average Bonchev–Trinajstić information content (AvgIpc) is 2.80. The summed E-state index contributed by atoms with van der Waals surface area (Å²) in [6.45, 7) is 0. The van der Waals surface area contributed by atoms with Gasteiger partial charge in [0.2, 0.25) is 0 Å². The molecule has 0 atom stereocenters. The maximum Gasteiger partial charge on any atom is 0.271 e. The number of rotatable bonds is 5. The van der Waals surface area contributed by atoms with Gasteiger partial charge in [-0.15, -0.1) is 0 Å². The van der Waals surface area contributed by atoms with Gasteiger partial charge in [0.05, 0.1) is 24.5 Å². The fraction of sp³-hybridized carbons (Fsp3) is 0.0870. The number of phenolic OH excluding ortho intramolecular Hbond substituents is 1. The molecular weight excluding hydrogens is 400 g/mol. The lowest BCUT2D eigenvalue weighted by Gasteiger charge is -2.08. The van der Waals surface area contributed by atoms with Crippen LogP contribution in [0.15, 0.2) is 76.1 Å². The molecule has 8 heteroatoms. The van der Waals surface area contributed by atoms with Crippen LogP contribution in [0.1, 0.15) is 0 Å². The van der Waals surface area contributed by atoms with Gasteiger partial charge >= 0.3 is 0 Å². The second-order valence-corrected chi connectivity index (χ2v) is 6.63. The molecular formula is C23H18N2O6. The molecule has 31 heavy (non-hydrogen) atoms. The van der Waals surface area contributed by atoms with Crippen molar-refractivity contribution in [2.75, 3.05) is 14.2 Å². The summed E-state index contributed by atoms with van der Waals surface area (Å²) in [5.74, 6) is 1.66. The predicted octanol–water partition coefficient (Wildman–Crippen LogP) is 4.96. The summed E-state index contributed by atoms with van der Waals surface area (Å²) in [6, 6.07) is 18.0. The predicted molar refractivity (Wildman–Crippen MR) is 115 cm³/mol. The van der Waals surface area contributed by atoms with Gasteiger partial charge in [-0.05, 0) is 48.5 Å². The van der Waals surface area contributed by atoms with Crippen molar-refractivity contribution < 1.29 is 23.9 Å². The Hall–Kier alpha value is -4.33. The number of nitro groups is 1. The first-order valence-corrected chi connectivity index (χ1v) is 9.27. The number of benzene rings is 3. The Labute approximate surface area is 176 Å². The molecule has 3 aromatic carbocycles. The second-order valence-electron chi connectivity index (χ2n) is 6.63. The molecule has 0 aliphatic heterocycles. The molecule has 0 unspecified atom stereocenters. The van der Waals surface area contributed by atoms with Crippen molar-refractivity contribution >= 4 is 22.3 Å². The largest absolute Gasteiger partial charge is 0.506 e. The number of fused-ring (bicyclic) bond motifs is 1. The Morgan fingerprint density at radius 2 is 1.65 bits per heavy atom. The van der Waals surface area contributed by atoms with Crippen LogP contribution < -0.4 is 14.8 Å². The van der Waals surface area contributed by atoms with E-state index in [0.29, 0.717) is 33.6 Å². The minimum Gasteiger partial charge on any atom is -0.506 e. The standard InChI is InChI=1S/C23H18N2O6/c1-29-16-6-3-14(4-7-16)23-13-19(18-12-17(30-2)8-10-22(18)31-23)24-20-11-15(25(27)28)5-9-21(20)26/h3-13,26H,1-2H3. The van der Waals surface area contributed by atoms with E-state index >= 15 is 0 Å². The first-order valence-electron chi connectivity index (χ1n) is 9.27. The molecule has 0 amide bonds. The number of phenols is 1. The summed E-state index contributed by atoms with van der Waals surface area (Å²) in [4.78, 5) is 15.1. The maximum atomic E-state index is 11.1. The van der Waals surface area contributed by atoms with Gasteiger partial charge in [-0.25, -0.2) is 4.99 Å². The number of methoxy groups -OCH3 is 2. The summed E-state index contributed by atoms with van der Waals surface area (Å²) in [6.07, 6.45) is 0. The zero-order valence-corrected chi connectivity index (χ0v) is 16.7. The van der Waals surface area contributed by atoms with Crippen LogP contribution >= 0.6 is 0 Å². The van der Waals surface area contributed by atoms with Crippen LogP contribution in [-0.2, 0) is 0 Å². The van der Waals surface area contributed by atoms with Gasteiger partial charge in [0.25, 0.3) is 5.69 Å². The Morgan fingerprint density at radius 1 is 0.935 bits per heavy atom. The van der Waals surface area contributed by atoms with Crippen molar-refractivity contribution in [3.05, 3.63) is 82.2 Å². The number of hydrogen-bond acceptors (Lipinski definition) is 7. The molecule has 0 aliphatic carbocycles. The molecule has 0 saturated heterocycles. The fourth-order valence-corrected chi connectivity index (χ4v) is 3.11. The van der Waals surface area contributed by atoms with Gasteiger partial charge in [0.1, 0.15) is 34.3 Å². The Balaban J connectivity index is 1.98. The number of non-ortho nitro benzene ring substituents is 1. The van der Waals surface area contributed by atoms with Crippen molar-refractivity contribution in [1.82, 2.24) is 0 Å². The van der Waals surface area contributed by atoms with Gasteiger partial charge in [-0.2, -0.15) is 0 Å². The summed E-state index contributed by atoms with van der Waals surface area (Å²) < 4.78 is 16.6. The molecule has 156 valence electrons. The molecule has 8 nitrogen and oxygen atoms in total. The third-order valence-electron chi connectivity index (χ3n) is 4.74. The summed E-state index contributed by atoms with van der Waals surface area (Å²) in [5.41, 5.74) is 1.23. The quantitative estimate of drug-likeness (QED) is 0.362. The summed E-state index contributed by atoms with van der Waals surface area (Å²) in [7, 11) is 3.14. The first kappa shape index (κ1) is 20.0. The van der Waals surface area contributed by atoms with Crippen molar-refractivity contribution in [3.63, 3.8) is 0 Å². The number of ether oxygens (including phenoxy) is 2. The second kappa shape index (κ2) is 8.19. The molecule has 1 aromatic heterocycles. The van der Waals surface area contributed by atoms with E-state index in [1.54, 1.807) is 38.5 Å². The lowest BCUT2D eigenvalue weighted by molar-refractivity contribution is -0.384. The Morgan fingerprint density at radius 3 is 2.32 bits per heavy atom. The molecule has 1 heterocycles. The van der Waals surface area contributed by atoms with Crippen LogP contribution in [0.3, 0.4) is 0 Å². The van der Waals surface area contributed by atoms with Crippen LogP contribution in [0.2, 0.25) is 0 Å². The van der Waals surface area contributed by atoms with Crippen molar-refractivity contribution in [1.29, 1.82) is 0 Å². The van der Waals surface area contributed by atoms with Crippen LogP contribution in [0.5, 0.6) is 17.2 Å². The number of aromatic hydroxyl groups is 1. The van der Waals surface area contributed by atoms with E-state index in [2.05, 4.69) is 4.99 Å². The molecule has 0 aliphatic rings. The molecule has 4 rings (SSSR count). The smallest absolute Gasteiger partial charge is 0.271 e. The minimum atomic E-state index is -0.539. The lowest BCUT2D eigenvalue weighted by atomic mass is 10.1. The fourth-order valence-electron chi connectivity index (χ4n) is 3.11. The van der Waals surface area contributed by atoms with E-state index in [9.17, 15) is 15.2 Å². The van der Waals surface area contributed by atoms with Crippen molar-refractivity contribution in [2.45, 2.75) is 0 Å². The highest BCUT2D eigenvalue weighted by Crippen LogP contribution is 2.31. The van der Waals surface area contributed by atoms with Crippen LogP contribution in [-0.4, -0.2) is 24.2 Å². The normalized spacial score (nSPS) is 11.5. The van der Waals surface area contributed by atoms with Crippen LogP contribution in [0.25, 0.3) is 22.3 Å². The first-order chi connectivity index (χ1) is 15.0. The Kier molecular flexibility index (Phi) is 5.28. The van der Waals surface area contributed by atoms with E-state index < -0.39 is 4.92 Å². The average molecular weight is 418 g/mol. The molecule has 1 N–H and O–H groups in total. The highest BCUT2D eigenvalue weighted by molar-refractivity contribution is 5.80. The molecule has 4 aromatic rings. The minimum absolute atomic E-state index is 0.0743. The van der Waals surface area contributed by atoms with Gasteiger partial charge in [0, 0.05) is 29.1 Å². The maximum absolute atomic E-state index is 11.1. The third kappa shape index (κ3) is 4.04. The van der Waals surface area contributed by atoms with Crippen molar-refractivity contribution in [2.24, 2.45) is 4.99 Å². The van der Waals surface area contributed by atoms with E-state index in [-0.39, 0.29) is 17.1 Å². The number of nitrogens with zero attached hydrogens (tertiary/aromatic N) is 2. The SMILES string of the molecule is COc1ccc(-c2cc(=Nc3cc([N+](=O)[O-])ccc3O)c3cc(OC)ccc3o2)cc1. The number of hydrogen-bond donors (Lipinski definition) is 1. The Bertz CT molecular complexity index is 1340. The van der Waals surface area contributed by atoms with E-state index in [0.717, 1.165) is 5.56 Å². The third-order valence-corrected chi connectivity index (χ3v) is 4.74. The monoisotopic (exact) mass is 418 g/mol. The van der Waals surface area contributed by atoms with Crippen molar-refractivity contribution in [3.8, 4) is 28.6 Å². The molecule has 0 radical (unpaired) electrons. The van der Waals surface area contributed by atoms with Gasteiger partial charge in [0.15, 0.2) is 0 Å². The van der Waals surface area contributed by atoms with E-state index in [4.69, 9.17) is 13.9 Å². The highest BCUT2D eigenvalue weighted by atomic mass is 16.6. The zero-order valence-electron chi connectivity index (χ0n) is 16.7. The number of nitro benzene ring substituents is 1. The molecule has 0 spiro atoms. The van der Waals surface area contributed by atoms with E-state index in [1.807, 2.05) is 24.3 Å². The van der Waals surface area contributed by atoms with Gasteiger partial charge < -0.3 is 19.0 Å². The van der Waals surface area contributed by atoms with Gasteiger partial charge in [-0.1, -0.05) is 0 Å².